The molecule has 1 aromatic carbocycles. The van der Waals surface area contributed by atoms with Gasteiger partial charge in [-0.05, 0) is 25.8 Å². The van der Waals surface area contributed by atoms with E-state index in [1.54, 1.807) is 4.90 Å². The minimum Gasteiger partial charge on any atom is -0.349 e. The number of amides is 5. The van der Waals surface area contributed by atoms with Crippen molar-refractivity contribution in [1.82, 2.24) is 20.9 Å². The number of fused-ring (bicyclic) bond motifs is 1. The Morgan fingerprint density at radius 3 is 2.61 bits per heavy atom. The maximum absolute atomic E-state index is 13.5. The Balaban J connectivity index is 1.53. The van der Waals surface area contributed by atoms with Crippen LogP contribution in [0.1, 0.15) is 37.0 Å². The second-order valence-electron chi connectivity index (χ2n) is 8.03. The first-order valence-electron chi connectivity index (χ1n) is 10.8. The van der Waals surface area contributed by atoms with Crippen LogP contribution in [0.4, 0.5) is 9.80 Å². The summed E-state index contributed by atoms with van der Waals surface area (Å²) in [6.07, 6.45) is 0.768. The zero-order chi connectivity index (χ0) is 23.6. The van der Waals surface area contributed by atoms with Crippen molar-refractivity contribution in [3.63, 3.8) is 0 Å². The van der Waals surface area contributed by atoms with Crippen LogP contribution in [0.15, 0.2) is 29.3 Å². The SMILES string of the molecule is CCNC(=O)Nc1sc2ccccc2c1C(=O)N1CCC2(CC1)N=C(CNC(C)=O)NC2=O. The van der Waals surface area contributed by atoms with E-state index in [0.29, 0.717) is 48.9 Å². The average molecular weight is 471 g/mol. The maximum atomic E-state index is 13.5. The summed E-state index contributed by atoms with van der Waals surface area (Å²) in [7, 11) is 0. The molecule has 2 aromatic rings. The predicted molar refractivity (Wildman–Crippen MR) is 127 cm³/mol. The van der Waals surface area contributed by atoms with Crippen LogP contribution in [-0.4, -0.2) is 66.2 Å². The lowest BCUT2D eigenvalue weighted by Gasteiger charge is -2.35. The topological polar surface area (TPSA) is 132 Å². The molecule has 0 unspecified atom stereocenters. The number of rotatable bonds is 5. The molecular formula is C22H26N6O4S. The van der Waals surface area contributed by atoms with Crippen molar-refractivity contribution >= 4 is 56.0 Å². The number of amidine groups is 1. The van der Waals surface area contributed by atoms with Gasteiger partial charge in [-0.25, -0.2) is 4.79 Å². The molecule has 0 aliphatic carbocycles. The second kappa shape index (κ2) is 9.18. The Hall–Kier alpha value is -3.47. The van der Waals surface area contributed by atoms with Gasteiger partial charge in [0.15, 0.2) is 0 Å². The van der Waals surface area contributed by atoms with E-state index in [1.807, 2.05) is 31.2 Å². The van der Waals surface area contributed by atoms with Gasteiger partial charge in [-0.2, -0.15) is 0 Å². The highest BCUT2D eigenvalue weighted by molar-refractivity contribution is 7.23. The quantitative estimate of drug-likeness (QED) is 0.529. The summed E-state index contributed by atoms with van der Waals surface area (Å²) in [6.45, 7) is 4.58. The van der Waals surface area contributed by atoms with E-state index >= 15 is 0 Å². The summed E-state index contributed by atoms with van der Waals surface area (Å²) in [5.41, 5.74) is -0.452. The van der Waals surface area contributed by atoms with Gasteiger partial charge in [0.05, 0.1) is 12.1 Å². The van der Waals surface area contributed by atoms with Crippen molar-refractivity contribution < 1.29 is 19.2 Å². The van der Waals surface area contributed by atoms with Crippen LogP contribution in [0.3, 0.4) is 0 Å². The van der Waals surface area contributed by atoms with E-state index in [1.165, 1.54) is 18.3 Å². The van der Waals surface area contributed by atoms with Crippen LogP contribution >= 0.6 is 11.3 Å². The lowest BCUT2D eigenvalue weighted by molar-refractivity contribution is -0.125. The first kappa shape index (κ1) is 22.7. The Morgan fingerprint density at radius 1 is 1.18 bits per heavy atom. The third-order valence-electron chi connectivity index (χ3n) is 5.79. The molecule has 4 rings (SSSR count). The number of nitrogens with one attached hydrogen (secondary N) is 4. The fourth-order valence-electron chi connectivity index (χ4n) is 4.11. The van der Waals surface area contributed by atoms with Crippen molar-refractivity contribution in [1.29, 1.82) is 0 Å². The first-order valence-corrected chi connectivity index (χ1v) is 11.6. The smallest absolute Gasteiger partial charge is 0.319 e. The van der Waals surface area contributed by atoms with Gasteiger partial charge in [0.2, 0.25) is 5.91 Å². The Bertz CT molecular complexity index is 1150. The minimum atomic E-state index is -0.913. The summed E-state index contributed by atoms with van der Waals surface area (Å²) in [6, 6.07) is 7.18. The van der Waals surface area contributed by atoms with E-state index in [0.717, 1.165) is 10.1 Å². The molecule has 0 radical (unpaired) electrons. The molecule has 4 N–H and O–H groups in total. The zero-order valence-electron chi connectivity index (χ0n) is 18.5. The molecule has 1 aromatic heterocycles. The van der Waals surface area contributed by atoms with Gasteiger partial charge in [-0.1, -0.05) is 18.2 Å². The molecule has 0 atom stereocenters. The summed E-state index contributed by atoms with van der Waals surface area (Å²) >= 11 is 1.36. The number of urea groups is 1. The van der Waals surface area contributed by atoms with Crippen LogP contribution < -0.4 is 21.3 Å². The van der Waals surface area contributed by atoms with Gasteiger partial charge in [-0.3, -0.25) is 24.7 Å². The predicted octanol–water partition coefficient (Wildman–Crippen LogP) is 1.68. The van der Waals surface area contributed by atoms with Gasteiger partial charge >= 0.3 is 6.03 Å². The molecule has 5 amide bonds. The molecule has 2 aliphatic heterocycles. The fourth-order valence-corrected chi connectivity index (χ4v) is 5.20. The maximum Gasteiger partial charge on any atom is 0.319 e. The first-order chi connectivity index (χ1) is 15.8. The summed E-state index contributed by atoms with van der Waals surface area (Å²) < 4.78 is 0.906. The van der Waals surface area contributed by atoms with Crippen LogP contribution in [0.5, 0.6) is 0 Å². The number of nitrogens with zero attached hydrogens (tertiary/aromatic N) is 2. The standard InChI is InChI=1S/C22H26N6O4S/c1-3-23-21(32)26-18-17(14-6-4-5-7-15(14)33-18)19(30)28-10-8-22(9-11-28)20(31)25-16(27-22)12-24-13(2)29/h4-7H,3,8-12H2,1-2H3,(H,24,29)(H2,23,26,32)(H,25,27,31). The minimum absolute atomic E-state index is 0.168. The van der Waals surface area contributed by atoms with Crippen molar-refractivity contribution in [2.24, 2.45) is 4.99 Å². The third-order valence-corrected chi connectivity index (χ3v) is 6.87. The normalized spacial score (nSPS) is 17.0. The highest BCUT2D eigenvalue weighted by Gasteiger charge is 2.46. The lowest BCUT2D eigenvalue weighted by Crippen LogP contribution is -2.50. The van der Waals surface area contributed by atoms with Crippen molar-refractivity contribution in [3.8, 4) is 0 Å². The number of benzene rings is 1. The van der Waals surface area contributed by atoms with Crippen LogP contribution in [0.25, 0.3) is 10.1 Å². The summed E-state index contributed by atoms with van der Waals surface area (Å²) in [5.74, 6) is -0.148. The number of carbonyl (C=O) groups excluding carboxylic acids is 4. The molecule has 174 valence electrons. The van der Waals surface area contributed by atoms with Crippen molar-refractivity contribution in [2.75, 3.05) is 31.5 Å². The van der Waals surface area contributed by atoms with Gasteiger partial charge in [0.25, 0.3) is 11.8 Å². The van der Waals surface area contributed by atoms with E-state index in [4.69, 9.17) is 0 Å². The molecule has 0 saturated carbocycles. The van der Waals surface area contributed by atoms with Gasteiger partial charge in [0.1, 0.15) is 16.4 Å². The Kier molecular flexibility index (Phi) is 6.32. The van der Waals surface area contributed by atoms with E-state index < -0.39 is 5.54 Å². The Labute approximate surface area is 194 Å². The summed E-state index contributed by atoms with van der Waals surface area (Å²) in [5, 5.41) is 12.2. The van der Waals surface area contributed by atoms with Crippen molar-refractivity contribution in [3.05, 3.63) is 29.8 Å². The monoisotopic (exact) mass is 470 g/mol. The molecule has 1 spiro atoms. The molecule has 3 heterocycles. The number of likely N-dealkylation sites (tertiary alicyclic amines) is 1. The molecule has 1 saturated heterocycles. The summed E-state index contributed by atoms with van der Waals surface area (Å²) in [4.78, 5) is 55.7. The number of piperidine rings is 1. The number of anilines is 1. The number of thiophene rings is 1. The molecule has 33 heavy (non-hydrogen) atoms. The molecule has 1 fully saturated rings. The Morgan fingerprint density at radius 2 is 1.91 bits per heavy atom. The highest BCUT2D eigenvalue weighted by Crippen LogP contribution is 2.38. The van der Waals surface area contributed by atoms with Gasteiger partial charge < -0.3 is 20.9 Å². The zero-order valence-corrected chi connectivity index (χ0v) is 19.3. The molecule has 2 aliphatic rings. The second-order valence-corrected chi connectivity index (χ2v) is 9.09. The number of aliphatic imine (C=N–C) groups is 1. The fraction of sp³-hybridized carbons (Fsp3) is 0.409. The van der Waals surface area contributed by atoms with E-state index in [-0.39, 0.29) is 30.3 Å². The van der Waals surface area contributed by atoms with Crippen LogP contribution in [-0.2, 0) is 9.59 Å². The third kappa shape index (κ3) is 4.54. The highest BCUT2D eigenvalue weighted by atomic mass is 32.1. The van der Waals surface area contributed by atoms with Gasteiger partial charge in [0, 0.05) is 36.6 Å². The average Bonchev–Trinajstić information content (AvgIpc) is 3.29. The largest absolute Gasteiger partial charge is 0.349 e. The van der Waals surface area contributed by atoms with E-state index in [9.17, 15) is 19.2 Å². The van der Waals surface area contributed by atoms with Crippen LogP contribution in [0, 0.1) is 0 Å². The molecule has 11 heteroatoms. The lowest BCUT2D eigenvalue weighted by atomic mass is 9.87. The van der Waals surface area contributed by atoms with Gasteiger partial charge in [-0.15, -0.1) is 11.3 Å². The molecular weight excluding hydrogens is 444 g/mol. The molecule has 10 nitrogen and oxygen atoms in total. The van der Waals surface area contributed by atoms with Crippen molar-refractivity contribution in [2.45, 2.75) is 32.2 Å². The molecule has 0 bridgehead atoms. The number of hydrogen-bond acceptors (Lipinski definition) is 6. The van der Waals surface area contributed by atoms with E-state index in [2.05, 4.69) is 26.3 Å². The van der Waals surface area contributed by atoms with Crippen LogP contribution in [0.2, 0.25) is 0 Å². The number of hydrogen-bond donors (Lipinski definition) is 4. The number of carbonyl (C=O) groups is 4.